The lowest BCUT2D eigenvalue weighted by molar-refractivity contribution is -0.0834. The first-order chi connectivity index (χ1) is 13.5. The molecule has 0 aromatic heterocycles. The van der Waals surface area contributed by atoms with Crippen LogP contribution in [0, 0.1) is 5.41 Å². The molecule has 0 heterocycles. The molecule has 144 valence electrons. The molecule has 1 amide bonds. The highest BCUT2D eigenvalue weighted by molar-refractivity contribution is 6.11. The number of carbonyl (C=O) groups excluding carboxylic acids is 1. The number of nitrogens with two attached hydrogens (primary N) is 1. The number of amides is 1. The molecule has 0 aliphatic carbocycles. The van der Waals surface area contributed by atoms with Gasteiger partial charge in [0, 0.05) is 6.54 Å². The predicted molar refractivity (Wildman–Crippen MR) is 111 cm³/mol. The van der Waals surface area contributed by atoms with Crippen LogP contribution in [0.1, 0.15) is 21.5 Å². The molecule has 0 bridgehead atoms. The minimum Gasteiger partial charge on any atom is -0.368 e. The number of hydrogen-bond acceptors (Lipinski definition) is 4. The Labute approximate surface area is 164 Å². The largest absolute Gasteiger partial charge is 0.368 e. The van der Waals surface area contributed by atoms with E-state index in [4.69, 9.17) is 16.0 Å². The topological polar surface area (TPSA) is 82.7 Å². The van der Waals surface area contributed by atoms with E-state index in [-0.39, 0.29) is 6.61 Å². The second-order valence-corrected chi connectivity index (χ2v) is 6.84. The summed E-state index contributed by atoms with van der Waals surface area (Å²) in [5.74, 6) is -0.921. The SMILES string of the molecule is CN(C)Cc1ccc(CON(C(=N)N)C(=O)c2cccc3ccccc23)cc1. The van der Waals surface area contributed by atoms with E-state index >= 15 is 0 Å². The summed E-state index contributed by atoms with van der Waals surface area (Å²) in [4.78, 5) is 20.7. The third kappa shape index (κ3) is 4.54. The van der Waals surface area contributed by atoms with Crippen molar-refractivity contribution in [2.24, 2.45) is 5.73 Å². The summed E-state index contributed by atoms with van der Waals surface area (Å²) >= 11 is 0. The van der Waals surface area contributed by atoms with E-state index in [1.807, 2.05) is 68.7 Å². The van der Waals surface area contributed by atoms with E-state index in [9.17, 15) is 4.79 Å². The Kier molecular flexibility index (Phi) is 6.03. The molecular formula is C22H24N4O2. The monoisotopic (exact) mass is 376 g/mol. The Balaban J connectivity index is 1.76. The average molecular weight is 376 g/mol. The Hall–Kier alpha value is -3.22. The Morgan fingerprint density at radius 3 is 2.29 bits per heavy atom. The number of benzene rings is 3. The van der Waals surface area contributed by atoms with Crippen LogP contribution < -0.4 is 5.73 Å². The standard InChI is InChI=1S/C22H24N4O2/c1-25(2)14-16-10-12-17(13-11-16)15-28-26(22(23)24)21(27)20-9-5-7-18-6-3-4-8-19(18)20/h3-13H,14-15H2,1-2H3,(H3,23,24). The first-order valence-electron chi connectivity index (χ1n) is 8.97. The fourth-order valence-corrected chi connectivity index (χ4v) is 3.00. The van der Waals surface area contributed by atoms with Crippen LogP contribution >= 0.6 is 0 Å². The molecule has 0 saturated heterocycles. The lowest BCUT2D eigenvalue weighted by Crippen LogP contribution is -2.41. The number of nitrogens with zero attached hydrogens (tertiary/aromatic N) is 2. The van der Waals surface area contributed by atoms with Crippen molar-refractivity contribution in [1.29, 1.82) is 5.41 Å². The van der Waals surface area contributed by atoms with Crippen molar-refractivity contribution < 1.29 is 9.63 Å². The number of hydroxylamine groups is 2. The zero-order valence-corrected chi connectivity index (χ0v) is 16.1. The highest BCUT2D eigenvalue weighted by atomic mass is 16.7. The van der Waals surface area contributed by atoms with Crippen molar-refractivity contribution >= 4 is 22.6 Å². The molecule has 3 aromatic rings. The van der Waals surface area contributed by atoms with Crippen LogP contribution in [-0.2, 0) is 18.0 Å². The first kappa shape index (κ1) is 19.5. The zero-order valence-electron chi connectivity index (χ0n) is 16.1. The molecule has 0 aliphatic rings. The van der Waals surface area contributed by atoms with Gasteiger partial charge in [0.15, 0.2) is 0 Å². The van der Waals surface area contributed by atoms with E-state index in [0.717, 1.165) is 27.9 Å². The van der Waals surface area contributed by atoms with Crippen molar-refractivity contribution in [3.63, 3.8) is 0 Å². The average Bonchev–Trinajstić information content (AvgIpc) is 2.68. The number of carbonyl (C=O) groups is 1. The molecule has 3 aromatic carbocycles. The molecule has 6 heteroatoms. The Morgan fingerprint density at radius 2 is 1.61 bits per heavy atom. The minimum atomic E-state index is -0.464. The van der Waals surface area contributed by atoms with Crippen molar-refractivity contribution in [2.75, 3.05) is 14.1 Å². The maximum atomic E-state index is 13.0. The van der Waals surface area contributed by atoms with Gasteiger partial charge < -0.3 is 10.6 Å². The van der Waals surface area contributed by atoms with Crippen LogP contribution in [0.4, 0.5) is 0 Å². The van der Waals surface area contributed by atoms with Crippen LogP contribution in [0.15, 0.2) is 66.7 Å². The van der Waals surface area contributed by atoms with Gasteiger partial charge in [0.05, 0.1) is 5.56 Å². The van der Waals surface area contributed by atoms with Gasteiger partial charge in [-0.15, -0.1) is 5.06 Å². The number of fused-ring (bicyclic) bond motifs is 1. The van der Waals surface area contributed by atoms with E-state index in [1.165, 1.54) is 5.56 Å². The molecule has 0 fully saturated rings. The highest BCUT2D eigenvalue weighted by Crippen LogP contribution is 2.20. The fourth-order valence-electron chi connectivity index (χ4n) is 3.00. The third-order valence-electron chi connectivity index (χ3n) is 4.31. The predicted octanol–water partition coefficient (Wildman–Crippen LogP) is 3.37. The second-order valence-electron chi connectivity index (χ2n) is 6.84. The lowest BCUT2D eigenvalue weighted by Gasteiger charge is -2.20. The molecule has 6 nitrogen and oxygen atoms in total. The normalized spacial score (nSPS) is 11.0. The molecule has 0 saturated carbocycles. The molecule has 0 radical (unpaired) electrons. The maximum absolute atomic E-state index is 13.0. The molecule has 0 spiro atoms. The zero-order chi connectivity index (χ0) is 20.1. The molecule has 0 aliphatic heterocycles. The van der Waals surface area contributed by atoms with Crippen LogP contribution in [0.3, 0.4) is 0 Å². The van der Waals surface area contributed by atoms with Gasteiger partial charge in [-0.05, 0) is 42.1 Å². The molecule has 28 heavy (non-hydrogen) atoms. The van der Waals surface area contributed by atoms with Gasteiger partial charge in [-0.2, -0.15) is 0 Å². The number of hydrogen-bond donors (Lipinski definition) is 2. The van der Waals surface area contributed by atoms with E-state index in [1.54, 1.807) is 12.1 Å². The molecule has 0 unspecified atom stereocenters. The van der Waals surface area contributed by atoms with Gasteiger partial charge in [0.25, 0.3) is 5.91 Å². The van der Waals surface area contributed by atoms with Crippen molar-refractivity contribution in [3.05, 3.63) is 83.4 Å². The van der Waals surface area contributed by atoms with E-state index in [0.29, 0.717) is 5.56 Å². The van der Waals surface area contributed by atoms with Gasteiger partial charge in [-0.1, -0.05) is 60.7 Å². The number of rotatable bonds is 6. The first-order valence-corrected chi connectivity index (χ1v) is 8.97. The fraction of sp³-hybridized carbons (Fsp3) is 0.182. The Morgan fingerprint density at radius 1 is 0.964 bits per heavy atom. The van der Waals surface area contributed by atoms with Gasteiger partial charge in [-0.25, -0.2) is 0 Å². The third-order valence-corrected chi connectivity index (χ3v) is 4.31. The number of guanidine groups is 1. The summed E-state index contributed by atoms with van der Waals surface area (Å²) in [6, 6.07) is 20.9. The summed E-state index contributed by atoms with van der Waals surface area (Å²) in [5.41, 5.74) is 8.13. The lowest BCUT2D eigenvalue weighted by atomic mass is 10.0. The summed E-state index contributed by atoms with van der Waals surface area (Å²) in [6.45, 7) is 0.985. The van der Waals surface area contributed by atoms with Gasteiger partial charge in [-0.3, -0.25) is 15.0 Å². The van der Waals surface area contributed by atoms with Gasteiger partial charge >= 0.3 is 0 Å². The summed E-state index contributed by atoms with van der Waals surface area (Å²) in [6.07, 6.45) is 0. The smallest absolute Gasteiger partial charge is 0.285 e. The van der Waals surface area contributed by atoms with Crippen LogP contribution in [0.2, 0.25) is 0 Å². The number of nitrogens with one attached hydrogen (secondary N) is 1. The molecule has 0 atom stereocenters. The van der Waals surface area contributed by atoms with Crippen molar-refractivity contribution in [2.45, 2.75) is 13.2 Å². The van der Waals surface area contributed by atoms with E-state index in [2.05, 4.69) is 4.90 Å². The molecular weight excluding hydrogens is 352 g/mol. The van der Waals surface area contributed by atoms with Gasteiger partial charge in [0.1, 0.15) is 6.61 Å². The quantitative estimate of drug-likeness (QED) is 0.393. The Bertz CT molecular complexity index is 978. The van der Waals surface area contributed by atoms with Crippen molar-refractivity contribution in [1.82, 2.24) is 9.96 Å². The van der Waals surface area contributed by atoms with Gasteiger partial charge in [0.2, 0.25) is 5.96 Å². The van der Waals surface area contributed by atoms with Crippen LogP contribution in [-0.4, -0.2) is 35.9 Å². The highest BCUT2D eigenvalue weighted by Gasteiger charge is 2.21. The van der Waals surface area contributed by atoms with Crippen LogP contribution in [0.25, 0.3) is 10.8 Å². The summed E-state index contributed by atoms with van der Waals surface area (Å²) in [5, 5.41) is 10.3. The summed E-state index contributed by atoms with van der Waals surface area (Å²) in [7, 11) is 4.03. The molecule has 3 N–H and O–H groups in total. The van der Waals surface area contributed by atoms with E-state index < -0.39 is 11.9 Å². The maximum Gasteiger partial charge on any atom is 0.285 e. The van der Waals surface area contributed by atoms with Crippen LogP contribution in [0.5, 0.6) is 0 Å². The summed E-state index contributed by atoms with van der Waals surface area (Å²) < 4.78 is 0. The second kappa shape index (κ2) is 8.65. The molecule has 3 rings (SSSR count). The van der Waals surface area contributed by atoms with Crippen molar-refractivity contribution in [3.8, 4) is 0 Å². The minimum absolute atomic E-state index is 0.137.